The van der Waals surface area contributed by atoms with Crippen molar-refractivity contribution in [1.82, 2.24) is 19.8 Å². The van der Waals surface area contributed by atoms with E-state index >= 15 is 0 Å². The van der Waals surface area contributed by atoms with Gasteiger partial charge >= 0.3 is 0 Å². The molecule has 2 aliphatic heterocycles. The van der Waals surface area contributed by atoms with Crippen LogP contribution in [0.3, 0.4) is 0 Å². The fourth-order valence-electron chi connectivity index (χ4n) is 3.80. The Labute approximate surface area is 144 Å². The standard InChI is InChI=1S/C18H29N5O/c1-14-12-19-15(2)17(20-14)22-8-5-9-23(11-10-22)18(24)16-6-4-7-21(3)13-16/h12,16H,4-11,13H2,1-3H3. The smallest absolute Gasteiger partial charge is 0.227 e. The molecule has 0 N–H and O–H groups in total. The number of hydrogen-bond acceptors (Lipinski definition) is 5. The van der Waals surface area contributed by atoms with Gasteiger partial charge in [-0.1, -0.05) is 0 Å². The van der Waals surface area contributed by atoms with Crippen molar-refractivity contribution in [1.29, 1.82) is 0 Å². The number of amides is 1. The van der Waals surface area contributed by atoms with E-state index in [1.165, 1.54) is 0 Å². The van der Waals surface area contributed by atoms with Gasteiger partial charge in [-0.3, -0.25) is 9.78 Å². The van der Waals surface area contributed by atoms with Crippen molar-refractivity contribution in [3.8, 4) is 0 Å². The van der Waals surface area contributed by atoms with Crippen molar-refractivity contribution >= 4 is 11.7 Å². The highest BCUT2D eigenvalue weighted by atomic mass is 16.2. The molecule has 6 nitrogen and oxygen atoms in total. The van der Waals surface area contributed by atoms with E-state index in [0.717, 1.165) is 75.7 Å². The Balaban J connectivity index is 1.64. The molecule has 2 saturated heterocycles. The van der Waals surface area contributed by atoms with E-state index < -0.39 is 0 Å². The van der Waals surface area contributed by atoms with Crippen LogP contribution in [0.4, 0.5) is 5.82 Å². The van der Waals surface area contributed by atoms with Crippen LogP contribution in [0.25, 0.3) is 0 Å². The van der Waals surface area contributed by atoms with Crippen molar-refractivity contribution < 1.29 is 4.79 Å². The zero-order valence-corrected chi connectivity index (χ0v) is 15.2. The van der Waals surface area contributed by atoms with Crippen LogP contribution in [0.5, 0.6) is 0 Å². The van der Waals surface area contributed by atoms with Crippen LogP contribution >= 0.6 is 0 Å². The topological polar surface area (TPSA) is 52.6 Å². The number of nitrogens with zero attached hydrogens (tertiary/aromatic N) is 5. The minimum atomic E-state index is 0.177. The Kier molecular flexibility index (Phi) is 5.33. The number of carbonyl (C=O) groups excluding carboxylic acids is 1. The van der Waals surface area contributed by atoms with E-state index in [4.69, 9.17) is 0 Å². The molecule has 2 fully saturated rings. The van der Waals surface area contributed by atoms with Crippen molar-refractivity contribution in [2.24, 2.45) is 5.92 Å². The summed E-state index contributed by atoms with van der Waals surface area (Å²) >= 11 is 0. The first-order valence-electron chi connectivity index (χ1n) is 9.07. The summed E-state index contributed by atoms with van der Waals surface area (Å²) in [6.45, 7) is 9.42. The first-order chi connectivity index (χ1) is 11.5. The molecule has 2 aliphatic rings. The van der Waals surface area contributed by atoms with Gasteiger partial charge in [0, 0.05) is 38.9 Å². The van der Waals surface area contributed by atoms with Crippen LogP contribution in [0, 0.1) is 19.8 Å². The van der Waals surface area contributed by atoms with Gasteiger partial charge in [0.2, 0.25) is 5.91 Å². The number of piperidine rings is 1. The second-order valence-electron chi connectivity index (χ2n) is 7.19. The molecule has 0 aromatic carbocycles. The lowest BCUT2D eigenvalue weighted by Gasteiger charge is -2.32. The fraction of sp³-hybridized carbons (Fsp3) is 0.722. The molecule has 0 saturated carbocycles. The quantitative estimate of drug-likeness (QED) is 0.821. The summed E-state index contributed by atoms with van der Waals surface area (Å²) in [6.07, 6.45) is 4.96. The highest BCUT2D eigenvalue weighted by Gasteiger charge is 2.29. The van der Waals surface area contributed by atoms with Gasteiger partial charge in [0.05, 0.1) is 17.3 Å². The monoisotopic (exact) mass is 331 g/mol. The number of hydrogen-bond donors (Lipinski definition) is 0. The number of rotatable bonds is 2. The maximum absolute atomic E-state index is 12.9. The third-order valence-electron chi connectivity index (χ3n) is 5.13. The number of anilines is 1. The van der Waals surface area contributed by atoms with Crippen molar-refractivity contribution in [3.05, 3.63) is 17.6 Å². The van der Waals surface area contributed by atoms with Gasteiger partial charge in [0.1, 0.15) is 5.82 Å². The predicted octanol–water partition coefficient (Wildman–Crippen LogP) is 1.47. The maximum atomic E-state index is 12.9. The molecule has 0 radical (unpaired) electrons. The Bertz CT molecular complexity index is 591. The summed E-state index contributed by atoms with van der Waals surface area (Å²) in [5.41, 5.74) is 1.91. The second kappa shape index (κ2) is 7.47. The summed E-state index contributed by atoms with van der Waals surface area (Å²) in [4.78, 5) is 28.6. The van der Waals surface area contributed by atoms with Crippen LogP contribution < -0.4 is 4.90 Å². The Morgan fingerprint density at radius 1 is 1.12 bits per heavy atom. The summed E-state index contributed by atoms with van der Waals surface area (Å²) in [7, 11) is 2.11. The van der Waals surface area contributed by atoms with E-state index in [1.807, 2.05) is 20.0 Å². The van der Waals surface area contributed by atoms with Gasteiger partial charge in [0.25, 0.3) is 0 Å². The number of aromatic nitrogens is 2. The first-order valence-corrected chi connectivity index (χ1v) is 9.07. The molecule has 6 heteroatoms. The molecular formula is C18H29N5O. The molecule has 1 unspecified atom stereocenters. The third-order valence-corrected chi connectivity index (χ3v) is 5.13. The number of carbonyl (C=O) groups is 1. The Morgan fingerprint density at radius 2 is 1.96 bits per heavy atom. The lowest BCUT2D eigenvalue weighted by atomic mass is 9.97. The summed E-state index contributed by atoms with van der Waals surface area (Å²) < 4.78 is 0. The first kappa shape index (κ1) is 17.1. The number of likely N-dealkylation sites (tertiary alicyclic amines) is 1. The average molecular weight is 331 g/mol. The summed E-state index contributed by atoms with van der Waals surface area (Å²) in [6, 6.07) is 0. The van der Waals surface area contributed by atoms with Gasteiger partial charge in [-0.05, 0) is 46.7 Å². The molecule has 1 amide bonds. The van der Waals surface area contributed by atoms with Crippen LogP contribution in [-0.4, -0.2) is 72.0 Å². The van der Waals surface area contributed by atoms with Crippen molar-refractivity contribution in [2.45, 2.75) is 33.1 Å². The Morgan fingerprint density at radius 3 is 2.75 bits per heavy atom. The molecule has 1 atom stereocenters. The highest BCUT2D eigenvalue weighted by Crippen LogP contribution is 2.21. The fourth-order valence-corrected chi connectivity index (χ4v) is 3.80. The normalized spacial score (nSPS) is 23.2. The molecule has 3 rings (SSSR count). The van der Waals surface area contributed by atoms with Gasteiger partial charge in [-0.15, -0.1) is 0 Å². The van der Waals surface area contributed by atoms with Gasteiger partial charge < -0.3 is 14.7 Å². The molecule has 0 bridgehead atoms. The predicted molar refractivity (Wildman–Crippen MR) is 95.1 cm³/mol. The van der Waals surface area contributed by atoms with E-state index in [1.54, 1.807) is 0 Å². The molecule has 3 heterocycles. The molecule has 132 valence electrons. The van der Waals surface area contributed by atoms with Gasteiger partial charge in [-0.2, -0.15) is 0 Å². The molecule has 1 aromatic rings. The van der Waals surface area contributed by atoms with E-state index in [9.17, 15) is 4.79 Å². The van der Waals surface area contributed by atoms with E-state index in [2.05, 4.69) is 31.7 Å². The molecule has 24 heavy (non-hydrogen) atoms. The largest absolute Gasteiger partial charge is 0.353 e. The summed E-state index contributed by atoms with van der Waals surface area (Å²) in [5.74, 6) is 1.49. The molecule has 0 aliphatic carbocycles. The lowest BCUT2D eigenvalue weighted by molar-refractivity contribution is -0.136. The average Bonchev–Trinajstić information content (AvgIpc) is 2.82. The van der Waals surface area contributed by atoms with Crippen molar-refractivity contribution in [2.75, 3.05) is 51.2 Å². The lowest BCUT2D eigenvalue weighted by Crippen LogP contribution is -2.44. The molecule has 1 aromatic heterocycles. The minimum absolute atomic E-state index is 0.177. The summed E-state index contributed by atoms with van der Waals surface area (Å²) in [5, 5.41) is 0. The van der Waals surface area contributed by atoms with Crippen LogP contribution in [-0.2, 0) is 4.79 Å². The van der Waals surface area contributed by atoms with Gasteiger partial charge in [0.15, 0.2) is 0 Å². The van der Waals surface area contributed by atoms with Crippen LogP contribution in [0.1, 0.15) is 30.7 Å². The third kappa shape index (κ3) is 3.86. The van der Waals surface area contributed by atoms with Gasteiger partial charge in [-0.25, -0.2) is 4.98 Å². The number of aryl methyl sites for hydroxylation is 2. The van der Waals surface area contributed by atoms with Crippen LogP contribution in [0.15, 0.2) is 6.20 Å². The SMILES string of the molecule is Cc1cnc(C)c(N2CCCN(C(=O)C3CCCN(C)C3)CC2)n1. The highest BCUT2D eigenvalue weighted by molar-refractivity contribution is 5.79. The van der Waals surface area contributed by atoms with E-state index in [0.29, 0.717) is 5.91 Å². The zero-order chi connectivity index (χ0) is 17.1. The van der Waals surface area contributed by atoms with Crippen LogP contribution in [0.2, 0.25) is 0 Å². The van der Waals surface area contributed by atoms with Crippen molar-refractivity contribution in [3.63, 3.8) is 0 Å². The zero-order valence-electron chi connectivity index (χ0n) is 15.2. The molecule has 0 spiro atoms. The molecular weight excluding hydrogens is 302 g/mol. The second-order valence-corrected chi connectivity index (χ2v) is 7.19. The van der Waals surface area contributed by atoms with E-state index in [-0.39, 0.29) is 5.92 Å². The Hall–Kier alpha value is -1.69. The maximum Gasteiger partial charge on any atom is 0.227 e. The minimum Gasteiger partial charge on any atom is -0.353 e.